The first kappa shape index (κ1) is 13.4. The minimum Gasteiger partial charge on any atom is -0.348 e. The van der Waals surface area contributed by atoms with Crippen LogP contribution in [0.25, 0.3) is 4.96 Å². The summed E-state index contributed by atoms with van der Waals surface area (Å²) in [5.74, 6) is -0.0800. The van der Waals surface area contributed by atoms with Crippen LogP contribution in [0, 0.1) is 0 Å². The van der Waals surface area contributed by atoms with Crippen molar-refractivity contribution in [3.05, 3.63) is 36.1 Å². The van der Waals surface area contributed by atoms with E-state index in [2.05, 4.69) is 25.1 Å². The third-order valence-corrected chi connectivity index (χ3v) is 4.99. The van der Waals surface area contributed by atoms with Gasteiger partial charge in [0.1, 0.15) is 18.3 Å². The lowest BCUT2D eigenvalue weighted by Crippen LogP contribution is -2.38. The molecule has 1 fully saturated rings. The van der Waals surface area contributed by atoms with E-state index >= 15 is 0 Å². The van der Waals surface area contributed by atoms with Crippen molar-refractivity contribution in [1.29, 1.82) is 0 Å². The number of carbonyl (C=O) groups excluding carboxylic acids is 1. The second kappa shape index (κ2) is 5.53. The van der Waals surface area contributed by atoms with Gasteiger partial charge in [0.2, 0.25) is 0 Å². The van der Waals surface area contributed by atoms with Crippen molar-refractivity contribution >= 4 is 22.2 Å². The number of amides is 1. The molecule has 0 aromatic carbocycles. The first-order valence-corrected chi connectivity index (χ1v) is 8.25. The molecule has 1 saturated carbocycles. The highest BCUT2D eigenvalue weighted by Crippen LogP contribution is 2.28. The smallest absolute Gasteiger partial charge is 0.271 e. The van der Waals surface area contributed by atoms with Crippen LogP contribution in [0.1, 0.15) is 42.2 Å². The molecule has 4 rings (SSSR count). The van der Waals surface area contributed by atoms with Gasteiger partial charge in [-0.25, -0.2) is 4.98 Å². The predicted molar refractivity (Wildman–Crippen MR) is 81.9 cm³/mol. The van der Waals surface area contributed by atoms with Crippen molar-refractivity contribution < 1.29 is 4.79 Å². The average Bonchev–Trinajstić information content (AvgIpc) is 3.24. The van der Waals surface area contributed by atoms with Gasteiger partial charge in [-0.1, -0.05) is 0 Å². The van der Waals surface area contributed by atoms with E-state index in [0.29, 0.717) is 11.7 Å². The molecule has 3 heterocycles. The summed E-state index contributed by atoms with van der Waals surface area (Å²) in [6.45, 7) is 0. The van der Waals surface area contributed by atoms with Gasteiger partial charge in [-0.05, 0) is 25.7 Å². The summed E-state index contributed by atoms with van der Waals surface area (Å²) in [6.07, 6.45) is 11.2. The molecule has 0 aliphatic heterocycles. The highest BCUT2D eigenvalue weighted by atomic mass is 32.1. The fraction of sp³-hybridized carbons (Fsp3) is 0.429. The van der Waals surface area contributed by atoms with Crippen LogP contribution >= 0.6 is 11.3 Å². The van der Waals surface area contributed by atoms with Crippen molar-refractivity contribution in [2.24, 2.45) is 0 Å². The number of aromatic nitrogens is 5. The fourth-order valence-electron chi connectivity index (χ4n) is 3.01. The Balaban J connectivity index is 1.36. The number of carbonyl (C=O) groups is 1. The van der Waals surface area contributed by atoms with Crippen LogP contribution in [0.2, 0.25) is 0 Å². The normalized spacial score (nSPS) is 22.0. The molecule has 22 heavy (non-hydrogen) atoms. The molecule has 0 bridgehead atoms. The molecule has 0 atom stereocenters. The molecule has 1 aliphatic rings. The third-order valence-electron chi connectivity index (χ3n) is 4.22. The van der Waals surface area contributed by atoms with Crippen molar-refractivity contribution in [1.82, 2.24) is 29.5 Å². The molecule has 0 radical (unpaired) electrons. The molecule has 0 unspecified atom stereocenters. The molecule has 0 saturated heterocycles. The van der Waals surface area contributed by atoms with E-state index in [1.165, 1.54) is 11.3 Å². The van der Waals surface area contributed by atoms with Gasteiger partial charge < -0.3 is 9.88 Å². The van der Waals surface area contributed by atoms with Crippen molar-refractivity contribution in [2.75, 3.05) is 0 Å². The summed E-state index contributed by atoms with van der Waals surface area (Å²) in [7, 11) is 0. The number of imidazole rings is 1. The van der Waals surface area contributed by atoms with Crippen LogP contribution in [0.4, 0.5) is 0 Å². The van der Waals surface area contributed by atoms with Gasteiger partial charge in [0.05, 0.1) is 0 Å². The van der Waals surface area contributed by atoms with Crippen LogP contribution < -0.4 is 5.32 Å². The number of fused-ring (bicyclic) bond motifs is 1. The molecule has 114 valence electrons. The lowest BCUT2D eigenvalue weighted by atomic mass is 9.91. The zero-order valence-electron chi connectivity index (χ0n) is 11.9. The number of nitrogens with one attached hydrogen (secondary N) is 1. The monoisotopic (exact) mass is 316 g/mol. The number of hydrogen-bond donors (Lipinski definition) is 1. The molecule has 0 spiro atoms. The van der Waals surface area contributed by atoms with Crippen molar-refractivity contribution in [3.8, 4) is 0 Å². The molecule has 7 nitrogen and oxygen atoms in total. The number of hydrogen-bond acceptors (Lipinski definition) is 5. The van der Waals surface area contributed by atoms with Gasteiger partial charge in [-0.3, -0.25) is 9.20 Å². The predicted octanol–water partition coefficient (Wildman–Crippen LogP) is 1.90. The second-order valence-electron chi connectivity index (χ2n) is 5.61. The molecular formula is C14H16N6OS. The number of nitrogens with zero attached hydrogens (tertiary/aromatic N) is 5. The fourth-order valence-corrected chi connectivity index (χ4v) is 3.71. The average molecular weight is 316 g/mol. The Morgan fingerprint density at radius 3 is 2.73 bits per heavy atom. The Labute approximate surface area is 131 Å². The van der Waals surface area contributed by atoms with E-state index in [9.17, 15) is 4.79 Å². The number of thiazole rings is 1. The third kappa shape index (κ3) is 2.50. The molecule has 1 amide bonds. The lowest BCUT2D eigenvalue weighted by molar-refractivity contribution is 0.0918. The highest BCUT2D eigenvalue weighted by molar-refractivity contribution is 7.15. The summed E-state index contributed by atoms with van der Waals surface area (Å²) < 4.78 is 3.93. The van der Waals surface area contributed by atoms with Crippen LogP contribution in [0.5, 0.6) is 0 Å². The van der Waals surface area contributed by atoms with E-state index < -0.39 is 0 Å². The first-order chi connectivity index (χ1) is 10.8. The maximum atomic E-state index is 12.3. The lowest BCUT2D eigenvalue weighted by Gasteiger charge is -2.29. The van der Waals surface area contributed by atoms with Crippen LogP contribution in [0.15, 0.2) is 30.4 Å². The van der Waals surface area contributed by atoms with Crippen molar-refractivity contribution in [3.63, 3.8) is 0 Å². The van der Waals surface area contributed by atoms with Gasteiger partial charge >= 0.3 is 0 Å². The Bertz CT molecular complexity index is 740. The van der Waals surface area contributed by atoms with Gasteiger partial charge in [0.25, 0.3) is 5.91 Å². The zero-order chi connectivity index (χ0) is 14.9. The van der Waals surface area contributed by atoms with E-state index in [1.807, 2.05) is 16.0 Å². The maximum absolute atomic E-state index is 12.3. The van der Waals surface area contributed by atoms with E-state index in [0.717, 1.165) is 30.6 Å². The molecule has 1 aliphatic carbocycles. The van der Waals surface area contributed by atoms with Gasteiger partial charge in [0.15, 0.2) is 4.96 Å². The topological polar surface area (TPSA) is 77.1 Å². The molecule has 3 aromatic rings. The van der Waals surface area contributed by atoms with Crippen LogP contribution in [0.3, 0.4) is 0 Å². The molecule has 1 N–H and O–H groups in total. The van der Waals surface area contributed by atoms with Crippen LogP contribution in [-0.4, -0.2) is 36.1 Å². The van der Waals surface area contributed by atoms with E-state index in [4.69, 9.17) is 0 Å². The quantitative estimate of drug-likeness (QED) is 0.800. The zero-order valence-corrected chi connectivity index (χ0v) is 12.7. The summed E-state index contributed by atoms with van der Waals surface area (Å²) in [6, 6.07) is 0.668. The Morgan fingerprint density at radius 2 is 2.00 bits per heavy atom. The van der Waals surface area contributed by atoms with Gasteiger partial charge in [-0.15, -0.1) is 21.5 Å². The largest absolute Gasteiger partial charge is 0.348 e. The summed E-state index contributed by atoms with van der Waals surface area (Å²) in [5, 5.41) is 12.8. The van der Waals surface area contributed by atoms with Gasteiger partial charge in [-0.2, -0.15) is 0 Å². The Kier molecular flexibility index (Phi) is 3.38. The first-order valence-electron chi connectivity index (χ1n) is 7.37. The second-order valence-corrected chi connectivity index (χ2v) is 6.48. The van der Waals surface area contributed by atoms with Gasteiger partial charge in [0, 0.05) is 29.9 Å². The molecule has 8 heteroatoms. The summed E-state index contributed by atoms with van der Waals surface area (Å²) in [4.78, 5) is 17.5. The highest BCUT2D eigenvalue weighted by Gasteiger charge is 2.24. The van der Waals surface area contributed by atoms with Crippen molar-refractivity contribution in [2.45, 2.75) is 37.8 Å². The Morgan fingerprint density at radius 1 is 1.23 bits per heavy atom. The minimum atomic E-state index is -0.0800. The molecular weight excluding hydrogens is 300 g/mol. The van der Waals surface area contributed by atoms with Crippen LogP contribution in [-0.2, 0) is 0 Å². The SMILES string of the molecule is O=C(NC1CCC(n2cnnc2)CC1)c1cn2ccsc2n1. The van der Waals surface area contributed by atoms with E-state index in [1.54, 1.807) is 18.9 Å². The standard InChI is InChI=1S/C14H16N6OS/c21-13(12-7-19-5-6-22-14(19)18-12)17-10-1-3-11(4-2-10)20-8-15-16-9-20/h5-11H,1-4H2,(H,17,21). The summed E-state index contributed by atoms with van der Waals surface area (Å²) >= 11 is 1.53. The minimum absolute atomic E-state index is 0.0800. The number of rotatable bonds is 3. The summed E-state index contributed by atoms with van der Waals surface area (Å²) in [5.41, 5.74) is 0.493. The maximum Gasteiger partial charge on any atom is 0.271 e. The van der Waals surface area contributed by atoms with E-state index in [-0.39, 0.29) is 11.9 Å². The molecule has 3 aromatic heterocycles. The Hall–Kier alpha value is -2.22.